The van der Waals surface area contributed by atoms with Gasteiger partial charge in [-0.15, -0.1) is 11.3 Å². The average molecular weight is 259 g/mol. The maximum atomic E-state index is 10.0. The zero-order chi connectivity index (χ0) is 13.0. The number of aromatic nitrogens is 1. The predicted molar refractivity (Wildman–Crippen MR) is 73.2 cm³/mol. The molecule has 2 rings (SSSR count). The van der Waals surface area contributed by atoms with Gasteiger partial charge >= 0.3 is 0 Å². The number of aryl methyl sites for hydroxylation is 2. The minimum atomic E-state index is 0.403. The summed E-state index contributed by atoms with van der Waals surface area (Å²) < 4.78 is 4.53. The topological polar surface area (TPSA) is 39.2 Å². The second-order valence-electron chi connectivity index (χ2n) is 3.88. The van der Waals surface area contributed by atoms with Crippen molar-refractivity contribution < 1.29 is 9.53 Å². The molecule has 18 heavy (non-hydrogen) atoms. The molecule has 0 amide bonds. The Morgan fingerprint density at radius 2 is 1.94 bits per heavy atom. The minimum Gasteiger partial charge on any atom is -0.437 e. The van der Waals surface area contributed by atoms with Crippen LogP contribution < -0.4 is 0 Å². The summed E-state index contributed by atoms with van der Waals surface area (Å²) in [5.74, 6) is 0. The zero-order valence-corrected chi connectivity index (χ0v) is 11.0. The van der Waals surface area contributed by atoms with Crippen molar-refractivity contribution in [3.8, 4) is 10.4 Å². The maximum Gasteiger partial charge on any atom is 0.297 e. The van der Waals surface area contributed by atoms with Crippen molar-refractivity contribution in [1.82, 2.24) is 4.98 Å². The fourth-order valence-corrected chi connectivity index (χ4v) is 2.60. The summed E-state index contributed by atoms with van der Waals surface area (Å²) >= 11 is 1.64. The Kier molecular flexibility index (Phi) is 3.89. The normalized spacial score (nSPS) is 10.8. The van der Waals surface area contributed by atoms with E-state index in [-0.39, 0.29) is 0 Å². The molecule has 92 valence electrons. The molecule has 3 nitrogen and oxygen atoms in total. The lowest BCUT2D eigenvalue weighted by Gasteiger charge is -2.01. The van der Waals surface area contributed by atoms with E-state index in [1.54, 1.807) is 17.4 Å². The second-order valence-corrected chi connectivity index (χ2v) is 4.99. The highest BCUT2D eigenvalue weighted by Crippen LogP contribution is 2.29. The summed E-state index contributed by atoms with van der Waals surface area (Å²) in [5.41, 5.74) is 3.19. The van der Waals surface area contributed by atoms with Gasteiger partial charge in [0.15, 0.2) is 0 Å². The van der Waals surface area contributed by atoms with Crippen LogP contribution in [0.15, 0.2) is 30.5 Å². The molecule has 0 fully saturated rings. The molecule has 0 bridgehead atoms. The number of hydrogen-bond acceptors (Lipinski definition) is 4. The van der Waals surface area contributed by atoms with Crippen LogP contribution in [0.5, 0.6) is 0 Å². The van der Waals surface area contributed by atoms with Crippen molar-refractivity contribution in [3.05, 3.63) is 46.8 Å². The Hall–Kier alpha value is -1.94. The highest BCUT2D eigenvalue weighted by molar-refractivity contribution is 7.16. The smallest absolute Gasteiger partial charge is 0.297 e. The van der Waals surface area contributed by atoms with E-state index < -0.39 is 0 Å². The Labute approximate surface area is 110 Å². The largest absolute Gasteiger partial charge is 0.437 e. The summed E-state index contributed by atoms with van der Waals surface area (Å²) in [6.07, 6.45) is 3.15. The standard InChI is InChI=1S/C14H13NO2S/c1-10-7-12(8-11(2)15-10)14-4-3-13(18-14)5-6-17-9-16/h3-9H,1-2H3/b6-5+. The quantitative estimate of drug-likeness (QED) is 0.622. The maximum absolute atomic E-state index is 10.0. The predicted octanol–water partition coefficient (Wildman–Crippen LogP) is 3.57. The van der Waals surface area contributed by atoms with Crippen LogP contribution in [-0.4, -0.2) is 11.5 Å². The van der Waals surface area contributed by atoms with Crippen LogP contribution in [0.2, 0.25) is 0 Å². The molecular weight excluding hydrogens is 246 g/mol. The van der Waals surface area contributed by atoms with Crippen LogP contribution in [0.25, 0.3) is 16.5 Å². The first-order valence-corrected chi connectivity index (χ1v) is 6.32. The van der Waals surface area contributed by atoms with Crippen molar-refractivity contribution >= 4 is 23.9 Å². The van der Waals surface area contributed by atoms with Gasteiger partial charge in [-0.05, 0) is 49.8 Å². The molecule has 4 heteroatoms. The molecule has 0 aliphatic carbocycles. The highest BCUT2D eigenvalue weighted by Gasteiger charge is 2.03. The van der Waals surface area contributed by atoms with Crippen LogP contribution in [0.4, 0.5) is 0 Å². The monoisotopic (exact) mass is 259 g/mol. The number of rotatable bonds is 4. The van der Waals surface area contributed by atoms with Crippen molar-refractivity contribution in [2.75, 3.05) is 0 Å². The summed E-state index contributed by atoms with van der Waals surface area (Å²) in [6, 6.07) is 8.18. The average Bonchev–Trinajstić information content (AvgIpc) is 2.77. The minimum absolute atomic E-state index is 0.403. The molecule has 0 aromatic carbocycles. The fourth-order valence-electron chi connectivity index (χ4n) is 1.71. The summed E-state index contributed by atoms with van der Waals surface area (Å²) in [6.45, 7) is 4.38. The van der Waals surface area contributed by atoms with Crippen molar-refractivity contribution in [1.29, 1.82) is 0 Å². The molecule has 2 aromatic heterocycles. The third-order valence-corrected chi connectivity index (χ3v) is 3.46. The van der Waals surface area contributed by atoms with Gasteiger partial charge in [-0.3, -0.25) is 9.78 Å². The molecule has 2 aromatic rings. The van der Waals surface area contributed by atoms with E-state index in [0.29, 0.717) is 6.47 Å². The Morgan fingerprint density at radius 3 is 2.61 bits per heavy atom. The summed E-state index contributed by atoms with van der Waals surface area (Å²) in [7, 11) is 0. The number of hydrogen-bond donors (Lipinski definition) is 0. The number of thiophene rings is 1. The summed E-state index contributed by atoms with van der Waals surface area (Å²) in [4.78, 5) is 16.6. The van der Waals surface area contributed by atoms with Crippen LogP contribution in [-0.2, 0) is 9.53 Å². The van der Waals surface area contributed by atoms with Crippen molar-refractivity contribution in [2.45, 2.75) is 13.8 Å². The third kappa shape index (κ3) is 3.05. The second kappa shape index (κ2) is 5.60. The van der Waals surface area contributed by atoms with Crippen molar-refractivity contribution in [2.24, 2.45) is 0 Å². The van der Waals surface area contributed by atoms with Gasteiger partial charge in [0.2, 0.25) is 0 Å². The number of pyridine rings is 1. The number of ether oxygens (including phenoxy) is 1. The highest BCUT2D eigenvalue weighted by atomic mass is 32.1. The van der Waals surface area contributed by atoms with Gasteiger partial charge in [-0.1, -0.05) is 0 Å². The van der Waals surface area contributed by atoms with Gasteiger partial charge in [0, 0.05) is 21.1 Å². The molecule has 0 spiro atoms. The van der Waals surface area contributed by atoms with Crippen LogP contribution >= 0.6 is 11.3 Å². The first-order chi connectivity index (χ1) is 8.69. The van der Waals surface area contributed by atoms with Gasteiger partial charge in [0.05, 0.1) is 6.26 Å². The van der Waals surface area contributed by atoms with E-state index in [0.717, 1.165) is 16.3 Å². The van der Waals surface area contributed by atoms with E-state index in [1.165, 1.54) is 16.7 Å². The molecule has 2 heterocycles. The van der Waals surface area contributed by atoms with E-state index in [9.17, 15) is 4.79 Å². The fraction of sp³-hybridized carbons (Fsp3) is 0.143. The molecule has 0 radical (unpaired) electrons. The Bertz CT molecular complexity index is 567. The van der Waals surface area contributed by atoms with Gasteiger partial charge < -0.3 is 4.74 Å². The van der Waals surface area contributed by atoms with Crippen molar-refractivity contribution in [3.63, 3.8) is 0 Å². The number of carbonyl (C=O) groups is 1. The first-order valence-electron chi connectivity index (χ1n) is 5.50. The van der Waals surface area contributed by atoms with E-state index in [2.05, 4.69) is 27.9 Å². The van der Waals surface area contributed by atoms with E-state index >= 15 is 0 Å². The van der Waals surface area contributed by atoms with Gasteiger partial charge in [0.1, 0.15) is 0 Å². The lowest BCUT2D eigenvalue weighted by atomic mass is 10.1. The molecule has 0 aliphatic rings. The van der Waals surface area contributed by atoms with Gasteiger partial charge in [0.25, 0.3) is 6.47 Å². The van der Waals surface area contributed by atoms with Crippen LogP contribution in [0.3, 0.4) is 0 Å². The van der Waals surface area contributed by atoms with Gasteiger partial charge in [-0.25, -0.2) is 0 Å². The zero-order valence-electron chi connectivity index (χ0n) is 10.2. The molecule has 0 atom stereocenters. The molecular formula is C14H13NO2S. The van der Waals surface area contributed by atoms with Crippen LogP contribution in [0, 0.1) is 13.8 Å². The lowest BCUT2D eigenvalue weighted by Crippen LogP contribution is -1.86. The Balaban J connectivity index is 2.26. The van der Waals surface area contributed by atoms with E-state index in [4.69, 9.17) is 0 Å². The first kappa shape index (κ1) is 12.5. The molecule has 0 aliphatic heterocycles. The molecule has 0 N–H and O–H groups in total. The SMILES string of the molecule is Cc1cc(-c2ccc(/C=C/OC=O)s2)cc(C)n1. The molecule has 0 saturated carbocycles. The lowest BCUT2D eigenvalue weighted by molar-refractivity contribution is -0.123. The van der Waals surface area contributed by atoms with Gasteiger partial charge in [-0.2, -0.15) is 0 Å². The third-order valence-electron chi connectivity index (χ3n) is 2.36. The van der Waals surface area contributed by atoms with E-state index in [1.807, 2.05) is 19.9 Å². The van der Waals surface area contributed by atoms with Crippen LogP contribution in [0.1, 0.15) is 16.3 Å². The number of nitrogens with zero attached hydrogens (tertiary/aromatic N) is 1. The molecule has 0 unspecified atom stereocenters. The molecule has 0 saturated heterocycles. The Morgan fingerprint density at radius 1 is 1.22 bits per heavy atom. The summed E-state index contributed by atoms with van der Waals surface area (Å²) in [5, 5.41) is 0. The number of carbonyl (C=O) groups excluding carboxylic acids is 1.